The van der Waals surface area contributed by atoms with Crippen LogP contribution in [-0.2, 0) is 9.59 Å². The van der Waals surface area contributed by atoms with Crippen LogP contribution in [0, 0.1) is 6.92 Å². The molecular weight excluding hydrogens is 456 g/mol. The summed E-state index contributed by atoms with van der Waals surface area (Å²) in [5.41, 5.74) is 3.48. The number of hydrogen-bond donors (Lipinski definition) is 1. The van der Waals surface area contributed by atoms with Crippen molar-refractivity contribution in [3.63, 3.8) is 0 Å². The van der Waals surface area contributed by atoms with E-state index >= 15 is 0 Å². The second kappa shape index (κ2) is 9.41. The summed E-state index contributed by atoms with van der Waals surface area (Å²) >= 11 is 0. The van der Waals surface area contributed by atoms with E-state index in [1.165, 1.54) is 4.90 Å². The Morgan fingerprint density at radius 2 is 1.81 bits per heavy atom. The number of aliphatic hydroxyl groups excluding tert-OH is 1. The summed E-state index contributed by atoms with van der Waals surface area (Å²) in [4.78, 5) is 30.4. The van der Waals surface area contributed by atoms with Crippen LogP contribution in [-0.4, -0.2) is 43.6 Å². The quantitative estimate of drug-likeness (QED) is 0.317. The van der Waals surface area contributed by atoms with Gasteiger partial charge in [0.2, 0.25) is 0 Å². The first-order valence-electron chi connectivity index (χ1n) is 12.0. The summed E-state index contributed by atoms with van der Waals surface area (Å²) in [7, 11) is 1.95. The summed E-state index contributed by atoms with van der Waals surface area (Å²) in [6.07, 6.45) is 0. The van der Waals surface area contributed by atoms with Gasteiger partial charge in [0.25, 0.3) is 11.7 Å². The number of likely N-dealkylation sites (N-methyl/N-ethyl adjacent to an activating group) is 1. The third-order valence-corrected chi connectivity index (χ3v) is 6.65. The summed E-state index contributed by atoms with van der Waals surface area (Å²) in [6.45, 7) is 5.61. The largest absolute Gasteiger partial charge is 0.507 e. The minimum atomic E-state index is -0.799. The van der Waals surface area contributed by atoms with Crippen LogP contribution in [0.25, 0.3) is 5.76 Å². The number of hydrogen-bond acceptors (Lipinski definition) is 6. The van der Waals surface area contributed by atoms with Crippen LogP contribution >= 0.6 is 0 Å². The van der Waals surface area contributed by atoms with Gasteiger partial charge in [-0.15, -0.1) is 0 Å². The van der Waals surface area contributed by atoms with Crippen molar-refractivity contribution >= 4 is 28.8 Å². The first-order chi connectivity index (χ1) is 17.4. The molecule has 184 valence electrons. The van der Waals surface area contributed by atoms with E-state index in [2.05, 4.69) is 0 Å². The molecule has 1 atom stereocenters. The molecule has 0 aromatic heterocycles. The molecule has 7 heteroatoms. The van der Waals surface area contributed by atoms with E-state index in [1.54, 1.807) is 18.2 Å². The van der Waals surface area contributed by atoms with Crippen molar-refractivity contribution in [1.82, 2.24) is 0 Å². The molecule has 36 heavy (non-hydrogen) atoms. The molecule has 2 aliphatic rings. The number of aliphatic hydroxyl groups is 1. The van der Waals surface area contributed by atoms with E-state index in [0.29, 0.717) is 48.1 Å². The lowest BCUT2D eigenvalue weighted by Gasteiger charge is -2.28. The maximum atomic E-state index is 13.5. The second-order valence-electron chi connectivity index (χ2n) is 8.91. The number of carbonyl (C=O) groups excluding carboxylic acids is 2. The number of nitrogens with zero attached hydrogens (tertiary/aromatic N) is 2. The average Bonchev–Trinajstić information content (AvgIpc) is 3.15. The topological polar surface area (TPSA) is 79.3 Å². The Balaban J connectivity index is 1.69. The van der Waals surface area contributed by atoms with E-state index in [1.807, 2.05) is 74.3 Å². The van der Waals surface area contributed by atoms with Crippen molar-refractivity contribution in [2.75, 3.05) is 36.6 Å². The Bertz CT molecular complexity index is 1360. The number of Topliss-reactive ketones (excluding diaryl/α,β-unsaturated/α-hetero) is 1. The number of carbonyl (C=O) groups is 2. The normalized spacial score (nSPS) is 18.7. The van der Waals surface area contributed by atoms with E-state index < -0.39 is 17.7 Å². The van der Waals surface area contributed by atoms with Gasteiger partial charge in [-0.3, -0.25) is 14.5 Å². The molecule has 2 heterocycles. The van der Waals surface area contributed by atoms with Crippen LogP contribution in [0.1, 0.15) is 29.7 Å². The van der Waals surface area contributed by atoms with Crippen LogP contribution in [0.4, 0.5) is 11.4 Å². The number of rotatable bonds is 5. The zero-order valence-electron chi connectivity index (χ0n) is 20.5. The first-order valence-corrected chi connectivity index (χ1v) is 12.0. The second-order valence-corrected chi connectivity index (χ2v) is 8.91. The van der Waals surface area contributed by atoms with Crippen molar-refractivity contribution in [3.8, 4) is 11.5 Å². The van der Waals surface area contributed by atoms with Gasteiger partial charge in [0, 0.05) is 18.3 Å². The van der Waals surface area contributed by atoms with Gasteiger partial charge in [-0.25, -0.2) is 0 Å². The molecule has 5 rings (SSSR count). The van der Waals surface area contributed by atoms with E-state index in [4.69, 9.17) is 9.47 Å². The molecule has 0 spiro atoms. The monoisotopic (exact) mass is 484 g/mol. The summed E-state index contributed by atoms with van der Waals surface area (Å²) in [6, 6.07) is 19.2. The molecule has 0 radical (unpaired) electrons. The molecule has 2 aliphatic heterocycles. The molecule has 1 fully saturated rings. The highest BCUT2D eigenvalue weighted by Crippen LogP contribution is 2.44. The fraction of sp³-hybridized carbons (Fsp3) is 0.241. The molecule has 3 aromatic rings. The standard InChI is InChI=1S/C29H28N2O5/c1-4-35-21-12-9-19(10-13-21)26-25(28(33)29(34)31(26)22-8-6-5-7-18(22)2)27(32)20-11-14-24-23(17-20)30(3)15-16-36-24/h5-14,17,26,32H,4,15-16H2,1-3H3/b27-25-. The smallest absolute Gasteiger partial charge is 0.300 e. The Morgan fingerprint density at radius 3 is 2.53 bits per heavy atom. The number of amides is 1. The summed E-state index contributed by atoms with van der Waals surface area (Å²) in [5, 5.41) is 11.5. The van der Waals surface area contributed by atoms with E-state index in [0.717, 1.165) is 11.3 Å². The van der Waals surface area contributed by atoms with E-state index in [-0.39, 0.29) is 11.3 Å². The van der Waals surface area contributed by atoms with Crippen LogP contribution in [0.2, 0.25) is 0 Å². The van der Waals surface area contributed by atoms with Crippen molar-refractivity contribution in [2.45, 2.75) is 19.9 Å². The highest BCUT2D eigenvalue weighted by Gasteiger charge is 2.47. The molecule has 1 N–H and O–H groups in total. The summed E-state index contributed by atoms with van der Waals surface area (Å²) in [5.74, 6) is -0.222. The Kier molecular flexibility index (Phi) is 6.14. The zero-order valence-corrected chi connectivity index (χ0v) is 20.5. The van der Waals surface area contributed by atoms with Crippen molar-refractivity contribution in [2.24, 2.45) is 0 Å². The van der Waals surface area contributed by atoms with Gasteiger partial charge in [-0.1, -0.05) is 30.3 Å². The van der Waals surface area contributed by atoms with Gasteiger partial charge in [0.15, 0.2) is 0 Å². The minimum absolute atomic E-state index is 0.0479. The summed E-state index contributed by atoms with van der Waals surface area (Å²) < 4.78 is 11.3. The first kappa shape index (κ1) is 23.5. The Morgan fingerprint density at radius 1 is 1.06 bits per heavy atom. The molecule has 1 amide bonds. The van der Waals surface area contributed by atoms with Gasteiger partial charge in [0.05, 0.1) is 30.5 Å². The third-order valence-electron chi connectivity index (χ3n) is 6.65. The van der Waals surface area contributed by atoms with Gasteiger partial charge in [-0.2, -0.15) is 0 Å². The van der Waals surface area contributed by atoms with Gasteiger partial charge < -0.3 is 19.5 Å². The van der Waals surface area contributed by atoms with Crippen LogP contribution in [0.15, 0.2) is 72.3 Å². The fourth-order valence-corrected chi connectivity index (χ4v) is 4.80. The van der Waals surface area contributed by atoms with Crippen molar-refractivity contribution in [3.05, 3.63) is 89.0 Å². The van der Waals surface area contributed by atoms with Crippen molar-refractivity contribution < 1.29 is 24.2 Å². The lowest BCUT2D eigenvalue weighted by molar-refractivity contribution is -0.132. The molecule has 1 saturated heterocycles. The van der Waals surface area contributed by atoms with Gasteiger partial charge in [-0.05, 0) is 61.4 Å². The SMILES string of the molecule is CCOc1ccc(C2/C(=C(/O)c3ccc4c(c3)N(C)CCO4)C(=O)C(=O)N2c2ccccc2C)cc1. The molecular formula is C29H28N2O5. The number of benzene rings is 3. The maximum absolute atomic E-state index is 13.5. The van der Waals surface area contributed by atoms with Gasteiger partial charge in [0.1, 0.15) is 23.9 Å². The molecule has 0 saturated carbocycles. The number of ketones is 1. The number of para-hydroxylation sites is 1. The van der Waals surface area contributed by atoms with Gasteiger partial charge >= 0.3 is 0 Å². The van der Waals surface area contributed by atoms with Crippen molar-refractivity contribution in [1.29, 1.82) is 0 Å². The minimum Gasteiger partial charge on any atom is -0.507 e. The number of anilines is 2. The number of ether oxygens (including phenoxy) is 2. The fourth-order valence-electron chi connectivity index (χ4n) is 4.80. The zero-order chi connectivity index (χ0) is 25.4. The maximum Gasteiger partial charge on any atom is 0.300 e. The predicted molar refractivity (Wildman–Crippen MR) is 139 cm³/mol. The predicted octanol–water partition coefficient (Wildman–Crippen LogP) is 4.85. The molecule has 1 unspecified atom stereocenters. The van der Waals surface area contributed by atoms with E-state index in [9.17, 15) is 14.7 Å². The number of aryl methyl sites for hydroxylation is 1. The lowest BCUT2D eigenvalue weighted by atomic mass is 9.94. The Hall–Kier alpha value is -4.26. The average molecular weight is 485 g/mol. The van der Waals surface area contributed by atoms with Crippen LogP contribution in [0.3, 0.4) is 0 Å². The van der Waals surface area contributed by atoms with Crippen LogP contribution < -0.4 is 19.3 Å². The highest BCUT2D eigenvalue weighted by molar-refractivity contribution is 6.51. The van der Waals surface area contributed by atoms with Crippen LogP contribution in [0.5, 0.6) is 11.5 Å². The number of fused-ring (bicyclic) bond motifs is 1. The highest BCUT2D eigenvalue weighted by atomic mass is 16.5. The molecule has 3 aromatic carbocycles. The molecule has 0 bridgehead atoms. The third kappa shape index (κ3) is 3.96. The Labute approximate surface area is 210 Å². The molecule has 0 aliphatic carbocycles. The lowest BCUT2D eigenvalue weighted by Crippen LogP contribution is -2.30. The molecule has 7 nitrogen and oxygen atoms in total.